The molecule has 1 saturated carbocycles. The maximum Gasteiger partial charge on any atom is 0.317 e. The molecule has 2 aromatic rings. The van der Waals surface area contributed by atoms with E-state index in [4.69, 9.17) is 0 Å². The van der Waals surface area contributed by atoms with Crippen LogP contribution >= 0.6 is 0 Å². The first-order valence-electron chi connectivity index (χ1n) is 9.69. The Morgan fingerprint density at radius 2 is 1.88 bits per heavy atom. The van der Waals surface area contributed by atoms with Crippen LogP contribution < -0.4 is 5.32 Å². The van der Waals surface area contributed by atoms with Crippen LogP contribution in [0.1, 0.15) is 56.6 Å². The maximum absolute atomic E-state index is 12.5. The van der Waals surface area contributed by atoms with E-state index >= 15 is 0 Å². The minimum Gasteiger partial charge on any atom is -0.335 e. The number of rotatable bonds is 2. The van der Waals surface area contributed by atoms with Gasteiger partial charge < -0.3 is 14.8 Å². The number of nitrogens with one attached hydrogen (secondary N) is 1. The number of carbonyl (C=O) groups excluding carboxylic acids is 1. The van der Waals surface area contributed by atoms with Crippen LogP contribution in [-0.4, -0.2) is 39.6 Å². The monoisotopic (exact) mass is 340 g/mol. The molecule has 0 radical (unpaired) electrons. The van der Waals surface area contributed by atoms with E-state index in [2.05, 4.69) is 40.0 Å². The summed E-state index contributed by atoms with van der Waals surface area (Å²) < 4.78 is 2.30. The van der Waals surface area contributed by atoms with Gasteiger partial charge in [-0.2, -0.15) is 0 Å². The van der Waals surface area contributed by atoms with E-state index in [0.29, 0.717) is 12.1 Å². The van der Waals surface area contributed by atoms with Crippen molar-refractivity contribution in [3.8, 4) is 0 Å². The van der Waals surface area contributed by atoms with Crippen LogP contribution in [-0.2, 0) is 0 Å². The zero-order chi connectivity index (χ0) is 17.2. The second kappa shape index (κ2) is 7.06. The van der Waals surface area contributed by atoms with E-state index in [1.807, 2.05) is 11.2 Å². The zero-order valence-corrected chi connectivity index (χ0v) is 15.1. The number of aryl methyl sites for hydroxylation is 1. The summed E-state index contributed by atoms with van der Waals surface area (Å²) >= 11 is 0. The summed E-state index contributed by atoms with van der Waals surface area (Å²) in [5.74, 6) is 0. The Labute approximate surface area is 149 Å². The SMILES string of the molecule is Cc1ccc2ncn(C3CCN(C(=O)NC4CCCCC4)CC3)c2c1. The number of benzene rings is 1. The normalized spacial score (nSPS) is 20.1. The molecule has 1 aromatic heterocycles. The molecule has 0 unspecified atom stereocenters. The number of imidazole rings is 1. The van der Waals surface area contributed by atoms with Crippen LogP contribution in [0.2, 0.25) is 0 Å². The number of fused-ring (bicyclic) bond motifs is 1. The van der Waals surface area contributed by atoms with Crippen LogP contribution in [0.5, 0.6) is 0 Å². The quantitative estimate of drug-likeness (QED) is 0.897. The largest absolute Gasteiger partial charge is 0.335 e. The van der Waals surface area contributed by atoms with Gasteiger partial charge in [-0.15, -0.1) is 0 Å². The van der Waals surface area contributed by atoms with E-state index in [0.717, 1.165) is 44.3 Å². The average Bonchev–Trinajstić information content (AvgIpc) is 3.05. The Morgan fingerprint density at radius 3 is 2.64 bits per heavy atom. The van der Waals surface area contributed by atoms with Crippen LogP contribution in [0.3, 0.4) is 0 Å². The Morgan fingerprint density at radius 1 is 1.12 bits per heavy atom. The number of urea groups is 1. The molecule has 1 aromatic carbocycles. The van der Waals surface area contributed by atoms with Gasteiger partial charge in [0.2, 0.25) is 0 Å². The lowest BCUT2D eigenvalue weighted by molar-refractivity contribution is 0.166. The predicted molar refractivity (Wildman–Crippen MR) is 99.7 cm³/mol. The van der Waals surface area contributed by atoms with E-state index in [1.54, 1.807) is 0 Å². The first kappa shape index (κ1) is 16.4. The summed E-state index contributed by atoms with van der Waals surface area (Å²) in [5.41, 5.74) is 3.53. The molecular formula is C20H28N4O. The topological polar surface area (TPSA) is 50.2 Å². The van der Waals surface area contributed by atoms with Gasteiger partial charge in [0.05, 0.1) is 17.4 Å². The standard InChI is InChI=1S/C20H28N4O/c1-15-7-8-18-19(13-15)24(14-21-18)17-9-11-23(12-10-17)20(25)22-16-5-3-2-4-6-16/h7-8,13-14,16-17H,2-6,9-12H2,1H3,(H,22,25). The molecule has 4 rings (SSSR count). The Balaban J connectivity index is 1.37. The van der Waals surface area contributed by atoms with Crippen molar-refractivity contribution in [2.75, 3.05) is 13.1 Å². The fourth-order valence-corrected chi connectivity index (χ4v) is 4.29. The fourth-order valence-electron chi connectivity index (χ4n) is 4.29. The molecule has 5 heteroatoms. The van der Waals surface area contributed by atoms with Crippen molar-refractivity contribution in [2.45, 2.75) is 64.0 Å². The lowest BCUT2D eigenvalue weighted by Crippen LogP contribution is -2.48. The van der Waals surface area contributed by atoms with Gasteiger partial charge in [0.25, 0.3) is 0 Å². The van der Waals surface area contributed by atoms with Gasteiger partial charge in [-0.25, -0.2) is 9.78 Å². The van der Waals surface area contributed by atoms with Gasteiger partial charge in [-0.05, 0) is 50.3 Å². The summed E-state index contributed by atoms with van der Waals surface area (Å²) in [4.78, 5) is 19.0. The highest BCUT2D eigenvalue weighted by Gasteiger charge is 2.26. The minimum absolute atomic E-state index is 0.136. The van der Waals surface area contributed by atoms with Crippen LogP contribution in [0.4, 0.5) is 4.79 Å². The average molecular weight is 340 g/mol. The number of aromatic nitrogens is 2. The molecule has 1 aliphatic carbocycles. The molecule has 134 valence electrons. The Kier molecular flexibility index (Phi) is 4.64. The summed E-state index contributed by atoms with van der Waals surface area (Å²) in [6.07, 6.45) is 10.1. The van der Waals surface area contributed by atoms with Crippen molar-refractivity contribution in [2.24, 2.45) is 0 Å². The van der Waals surface area contributed by atoms with Crippen molar-refractivity contribution < 1.29 is 4.79 Å². The van der Waals surface area contributed by atoms with Gasteiger partial charge in [0, 0.05) is 25.2 Å². The third-order valence-corrected chi connectivity index (χ3v) is 5.81. The molecule has 1 aliphatic heterocycles. The number of hydrogen-bond acceptors (Lipinski definition) is 2. The minimum atomic E-state index is 0.136. The third-order valence-electron chi connectivity index (χ3n) is 5.81. The molecule has 0 spiro atoms. The second-order valence-electron chi connectivity index (χ2n) is 7.65. The van der Waals surface area contributed by atoms with Crippen molar-refractivity contribution in [1.29, 1.82) is 0 Å². The molecule has 1 saturated heterocycles. The molecule has 25 heavy (non-hydrogen) atoms. The molecule has 0 atom stereocenters. The lowest BCUT2D eigenvalue weighted by atomic mass is 9.95. The van der Waals surface area contributed by atoms with Crippen molar-refractivity contribution in [3.63, 3.8) is 0 Å². The number of likely N-dealkylation sites (tertiary alicyclic amines) is 1. The lowest BCUT2D eigenvalue weighted by Gasteiger charge is -2.34. The fraction of sp³-hybridized carbons (Fsp3) is 0.600. The summed E-state index contributed by atoms with van der Waals surface area (Å²) in [6, 6.07) is 7.37. The van der Waals surface area contributed by atoms with Crippen LogP contribution in [0, 0.1) is 6.92 Å². The van der Waals surface area contributed by atoms with E-state index in [9.17, 15) is 4.79 Å². The number of nitrogens with zero attached hydrogens (tertiary/aromatic N) is 3. The highest BCUT2D eigenvalue weighted by molar-refractivity contribution is 5.76. The first-order chi connectivity index (χ1) is 12.2. The molecule has 2 amide bonds. The Bertz CT molecular complexity index is 739. The molecule has 2 fully saturated rings. The summed E-state index contributed by atoms with van der Waals surface area (Å²) in [7, 11) is 0. The molecule has 2 heterocycles. The summed E-state index contributed by atoms with van der Waals surface area (Å²) in [5, 5.41) is 3.24. The number of carbonyl (C=O) groups is 1. The van der Waals surface area contributed by atoms with Gasteiger partial charge in [0.15, 0.2) is 0 Å². The number of amides is 2. The van der Waals surface area contributed by atoms with Crippen molar-refractivity contribution in [1.82, 2.24) is 19.8 Å². The highest BCUT2D eigenvalue weighted by atomic mass is 16.2. The molecule has 1 N–H and O–H groups in total. The van der Waals surface area contributed by atoms with E-state index in [-0.39, 0.29) is 6.03 Å². The van der Waals surface area contributed by atoms with Gasteiger partial charge in [-0.1, -0.05) is 25.3 Å². The molecular weight excluding hydrogens is 312 g/mol. The van der Waals surface area contributed by atoms with Gasteiger partial charge in [-0.3, -0.25) is 0 Å². The predicted octanol–water partition coefficient (Wildman–Crippen LogP) is 4.02. The number of hydrogen-bond donors (Lipinski definition) is 1. The van der Waals surface area contributed by atoms with Crippen molar-refractivity contribution >= 4 is 17.1 Å². The summed E-state index contributed by atoms with van der Waals surface area (Å²) in [6.45, 7) is 3.78. The van der Waals surface area contributed by atoms with Gasteiger partial charge in [0.1, 0.15) is 0 Å². The highest BCUT2D eigenvalue weighted by Crippen LogP contribution is 2.27. The van der Waals surface area contributed by atoms with Crippen LogP contribution in [0.15, 0.2) is 24.5 Å². The maximum atomic E-state index is 12.5. The second-order valence-corrected chi connectivity index (χ2v) is 7.65. The molecule has 5 nitrogen and oxygen atoms in total. The number of piperidine rings is 1. The smallest absolute Gasteiger partial charge is 0.317 e. The van der Waals surface area contributed by atoms with E-state index < -0.39 is 0 Å². The third kappa shape index (κ3) is 3.51. The molecule has 2 aliphatic rings. The van der Waals surface area contributed by atoms with Crippen LogP contribution in [0.25, 0.3) is 11.0 Å². The van der Waals surface area contributed by atoms with E-state index in [1.165, 1.54) is 30.3 Å². The first-order valence-corrected chi connectivity index (χ1v) is 9.69. The van der Waals surface area contributed by atoms with Gasteiger partial charge >= 0.3 is 6.03 Å². The Hall–Kier alpha value is -2.04. The zero-order valence-electron chi connectivity index (χ0n) is 15.1. The molecule has 0 bridgehead atoms. The van der Waals surface area contributed by atoms with Crippen molar-refractivity contribution in [3.05, 3.63) is 30.1 Å².